The Morgan fingerprint density at radius 1 is 0.875 bits per heavy atom. The van der Waals surface area contributed by atoms with Crippen molar-refractivity contribution >= 4 is 10.9 Å². The molecular weight excluding hydrogens is 116 g/mol. The fourth-order valence-electron chi connectivity index (χ4n) is 0.612. The molecule has 0 aromatic rings. The summed E-state index contributed by atoms with van der Waals surface area (Å²) in [6, 6.07) is 0. The van der Waals surface area contributed by atoms with Crippen LogP contribution in [-0.2, 0) is 10.9 Å². The first kappa shape index (κ1) is 11.2. The summed E-state index contributed by atoms with van der Waals surface area (Å²) in [7, 11) is 0.755. The molecule has 0 spiro atoms. The lowest BCUT2D eigenvalue weighted by Gasteiger charge is -1.96. The fourth-order valence-corrected chi connectivity index (χ4v) is 1.84. The quantitative estimate of drug-likeness (QED) is 0.410. The Kier molecular flexibility index (Phi) is 10.3. The molecule has 0 saturated heterocycles. The van der Waals surface area contributed by atoms with E-state index in [1.807, 2.05) is 0 Å². The molecule has 0 atom stereocenters. The Hall–Kier alpha value is 0.350. The van der Waals surface area contributed by atoms with Crippen molar-refractivity contribution in [1.29, 1.82) is 0 Å². The van der Waals surface area contributed by atoms with Gasteiger partial charge in [0.15, 0.2) is 0 Å². The van der Waals surface area contributed by atoms with Crippen LogP contribution in [0.15, 0.2) is 0 Å². The van der Waals surface area contributed by atoms with Gasteiger partial charge in [-0.25, -0.2) is 0 Å². The Labute approximate surface area is 57.0 Å². The van der Waals surface area contributed by atoms with Gasteiger partial charge in [0.2, 0.25) is 0 Å². The highest BCUT2D eigenvalue weighted by atomic mass is 32.2. The summed E-state index contributed by atoms with van der Waals surface area (Å²) in [6.07, 6.45) is 0. The molecule has 0 amide bonds. The van der Waals surface area contributed by atoms with Crippen LogP contribution >= 0.6 is 0 Å². The summed E-state index contributed by atoms with van der Waals surface area (Å²) >= 11 is 0. The second-order valence-electron chi connectivity index (χ2n) is 1.48. The van der Waals surface area contributed by atoms with E-state index in [9.17, 15) is 0 Å². The van der Waals surface area contributed by atoms with Crippen LogP contribution in [0.2, 0.25) is 0 Å². The molecule has 0 nitrogen and oxygen atoms in total. The first-order chi connectivity index (χ1) is 3.35. The van der Waals surface area contributed by atoms with Crippen molar-refractivity contribution in [3.63, 3.8) is 0 Å². The third kappa shape index (κ3) is 4.51. The van der Waals surface area contributed by atoms with E-state index in [1.54, 1.807) is 0 Å². The van der Waals surface area contributed by atoms with E-state index in [0.29, 0.717) is 0 Å². The molecule has 0 radical (unpaired) electrons. The van der Waals surface area contributed by atoms with Gasteiger partial charge in [0.1, 0.15) is 17.3 Å². The molecule has 0 aliphatic heterocycles. The van der Waals surface area contributed by atoms with E-state index >= 15 is 0 Å². The van der Waals surface area contributed by atoms with Crippen LogP contribution in [0.25, 0.3) is 0 Å². The van der Waals surface area contributed by atoms with Gasteiger partial charge in [-0.05, 0) is 31.7 Å². The second-order valence-corrected chi connectivity index (χ2v) is 4.44. The molecule has 0 heterocycles. The van der Waals surface area contributed by atoms with Gasteiger partial charge in [-0.15, -0.1) is 0 Å². The minimum absolute atomic E-state index is 0. The predicted octanol–water partition coefficient (Wildman–Crippen LogP) is 2.11. The lowest BCUT2D eigenvalue weighted by molar-refractivity contribution is 1.37. The summed E-state index contributed by atoms with van der Waals surface area (Å²) < 4.78 is 0. The molecule has 52 valence electrons. The first-order valence-corrected chi connectivity index (χ1v) is 4.72. The molecule has 0 saturated carbocycles. The largest absolute Gasteiger partial charge is 0.358 e. The van der Waals surface area contributed by atoms with Crippen LogP contribution in [0, 0.1) is 7.43 Å². The normalized spacial score (nSPS) is 9.00. The average molecular weight is 134 g/mol. The molecular formula is C7H18S. The molecule has 0 unspecified atom stereocenters. The topological polar surface area (TPSA) is 0 Å². The Balaban J connectivity index is 0. The van der Waals surface area contributed by atoms with E-state index in [4.69, 9.17) is 0 Å². The van der Waals surface area contributed by atoms with Crippen molar-refractivity contribution in [2.45, 2.75) is 20.8 Å². The smallest absolute Gasteiger partial charge is 0.105 e. The summed E-state index contributed by atoms with van der Waals surface area (Å²) in [5.41, 5.74) is 0. The maximum Gasteiger partial charge on any atom is 0.105 e. The van der Waals surface area contributed by atoms with Crippen LogP contribution in [0.5, 0.6) is 0 Å². The van der Waals surface area contributed by atoms with Crippen molar-refractivity contribution in [3.8, 4) is 0 Å². The van der Waals surface area contributed by atoms with Crippen molar-refractivity contribution in [2.24, 2.45) is 0 Å². The van der Waals surface area contributed by atoms with E-state index in [1.165, 1.54) is 17.3 Å². The number of hydrogen-bond donors (Lipinski definition) is 0. The monoisotopic (exact) mass is 134 g/mol. The zero-order chi connectivity index (χ0) is 5.70. The van der Waals surface area contributed by atoms with Crippen LogP contribution in [0.1, 0.15) is 20.8 Å². The van der Waals surface area contributed by atoms with E-state index in [-0.39, 0.29) is 7.43 Å². The molecule has 0 N–H and O–H groups in total. The molecule has 0 bridgehead atoms. The van der Waals surface area contributed by atoms with E-state index < -0.39 is 0 Å². The third-order valence-electron chi connectivity index (χ3n) is 1.22. The number of rotatable bonds is 3. The van der Waals surface area contributed by atoms with Crippen LogP contribution in [0.4, 0.5) is 0 Å². The lowest BCUT2D eigenvalue weighted by atomic mass is 10.9. The minimum atomic E-state index is 0. The predicted molar refractivity (Wildman–Crippen MR) is 45.4 cm³/mol. The summed E-state index contributed by atoms with van der Waals surface area (Å²) in [5.74, 6) is 4.15. The summed E-state index contributed by atoms with van der Waals surface area (Å²) in [4.78, 5) is 0. The zero-order valence-corrected chi connectivity index (χ0v) is 7.35. The van der Waals surface area contributed by atoms with Crippen molar-refractivity contribution < 1.29 is 0 Å². The van der Waals surface area contributed by atoms with Gasteiger partial charge in [-0.2, -0.15) is 0 Å². The van der Waals surface area contributed by atoms with Gasteiger partial charge in [0.25, 0.3) is 0 Å². The molecule has 0 fully saturated rings. The average Bonchev–Trinajstić information content (AvgIpc) is 1.72. The van der Waals surface area contributed by atoms with Gasteiger partial charge >= 0.3 is 0 Å². The minimum Gasteiger partial charge on any atom is -0.358 e. The van der Waals surface area contributed by atoms with Crippen molar-refractivity contribution in [2.75, 3.05) is 17.3 Å². The highest BCUT2D eigenvalue weighted by Crippen LogP contribution is 1.92. The Bertz CT molecular complexity index is 25.9. The molecule has 0 aromatic heterocycles. The molecule has 0 aromatic carbocycles. The van der Waals surface area contributed by atoms with Crippen LogP contribution in [0.3, 0.4) is 0 Å². The maximum absolute atomic E-state index is 2.27. The highest BCUT2D eigenvalue weighted by molar-refractivity contribution is 7.96. The maximum atomic E-state index is 2.27. The highest BCUT2D eigenvalue weighted by Gasteiger charge is 2.05. The SMILES string of the molecule is CC[S+](CC)CC.[CH3-]. The molecule has 0 aliphatic carbocycles. The Morgan fingerprint density at radius 2 is 1.12 bits per heavy atom. The number of hydrogen-bond acceptors (Lipinski definition) is 0. The standard InChI is InChI=1S/C6H15S.CH3/c1-4-7(5-2)6-3;/h4-6H2,1-3H3;1H3/q+1;-1. The molecule has 0 aliphatic rings. The lowest BCUT2D eigenvalue weighted by Crippen LogP contribution is -2.09. The van der Waals surface area contributed by atoms with Crippen LogP contribution in [-0.4, -0.2) is 17.3 Å². The Morgan fingerprint density at radius 3 is 1.12 bits per heavy atom. The van der Waals surface area contributed by atoms with Crippen molar-refractivity contribution in [3.05, 3.63) is 7.43 Å². The fraction of sp³-hybridized carbons (Fsp3) is 0.857. The molecule has 0 rings (SSSR count). The third-order valence-corrected chi connectivity index (χ3v) is 3.67. The van der Waals surface area contributed by atoms with Gasteiger partial charge in [-0.3, -0.25) is 0 Å². The van der Waals surface area contributed by atoms with Crippen LogP contribution < -0.4 is 0 Å². The first-order valence-electron chi connectivity index (χ1n) is 2.99. The summed E-state index contributed by atoms with van der Waals surface area (Å²) in [5, 5.41) is 0. The molecule has 1 heteroatoms. The van der Waals surface area contributed by atoms with Gasteiger partial charge in [0, 0.05) is 0 Å². The zero-order valence-electron chi connectivity index (χ0n) is 6.53. The second kappa shape index (κ2) is 7.35. The van der Waals surface area contributed by atoms with Gasteiger partial charge < -0.3 is 7.43 Å². The van der Waals surface area contributed by atoms with Gasteiger partial charge in [0.05, 0.1) is 0 Å². The van der Waals surface area contributed by atoms with Gasteiger partial charge in [-0.1, -0.05) is 0 Å². The van der Waals surface area contributed by atoms with E-state index in [2.05, 4.69) is 20.8 Å². The molecule has 8 heavy (non-hydrogen) atoms. The van der Waals surface area contributed by atoms with Crippen molar-refractivity contribution in [1.82, 2.24) is 0 Å². The summed E-state index contributed by atoms with van der Waals surface area (Å²) in [6.45, 7) is 6.82. The van der Waals surface area contributed by atoms with E-state index in [0.717, 1.165) is 10.9 Å².